The fourth-order valence-corrected chi connectivity index (χ4v) is 0.470. The van der Waals surface area contributed by atoms with Gasteiger partial charge in [0, 0.05) is 32.7 Å². The van der Waals surface area contributed by atoms with Gasteiger partial charge in [-0.1, -0.05) is 6.92 Å². The van der Waals surface area contributed by atoms with Crippen LogP contribution < -0.4 is 0 Å². The Bertz CT molecular complexity index is 48.9. The molecule has 9 heavy (non-hydrogen) atoms. The summed E-state index contributed by atoms with van der Waals surface area (Å²) in [7, 11) is 2.07. The van der Waals surface area contributed by atoms with Crippen LogP contribution in [0.25, 0.3) is 0 Å². The summed E-state index contributed by atoms with van der Waals surface area (Å²) in [6, 6.07) is 0.569. The molecule has 0 saturated carbocycles. The zero-order valence-electron chi connectivity index (χ0n) is 6.76. The molecule has 0 spiro atoms. The standard InChI is InChI=1S/C7H15N.Y/c1-5-7(3)8(4)6-2;/h5-7H,1-4H3;/q-2;. The van der Waals surface area contributed by atoms with Crippen molar-refractivity contribution < 1.29 is 32.7 Å². The first kappa shape index (κ1) is 12.7. The Hall–Kier alpha value is 1.06. The molecule has 2 heteroatoms. The fourth-order valence-electron chi connectivity index (χ4n) is 0.470. The quantitative estimate of drug-likeness (QED) is 0.629. The zero-order chi connectivity index (χ0) is 6.57. The first-order valence-corrected chi connectivity index (χ1v) is 3.03. The van der Waals surface area contributed by atoms with Gasteiger partial charge in [-0.2, -0.15) is 19.9 Å². The van der Waals surface area contributed by atoms with Crippen LogP contribution in [0.15, 0.2) is 0 Å². The summed E-state index contributed by atoms with van der Waals surface area (Å²) in [6.45, 7) is 8.36. The van der Waals surface area contributed by atoms with Gasteiger partial charge in [-0.3, -0.25) is 6.54 Å². The minimum absolute atomic E-state index is 0. The van der Waals surface area contributed by atoms with Gasteiger partial charge < -0.3 is 11.3 Å². The van der Waals surface area contributed by atoms with E-state index in [0.717, 1.165) is 0 Å². The van der Waals surface area contributed by atoms with Crippen molar-refractivity contribution >= 4 is 0 Å². The maximum absolute atomic E-state index is 2.17. The van der Waals surface area contributed by atoms with Crippen LogP contribution >= 0.6 is 0 Å². The van der Waals surface area contributed by atoms with Crippen LogP contribution in [0.5, 0.6) is 0 Å². The molecule has 1 radical (unpaired) electrons. The van der Waals surface area contributed by atoms with Gasteiger partial charge in [0.1, 0.15) is 0 Å². The Balaban J connectivity index is 0. The van der Waals surface area contributed by atoms with E-state index in [1.165, 1.54) is 0 Å². The second-order valence-corrected chi connectivity index (χ2v) is 2.00. The predicted molar refractivity (Wildman–Crippen MR) is 37.2 cm³/mol. The minimum Gasteiger partial charge on any atom is -0.482 e. The second-order valence-electron chi connectivity index (χ2n) is 2.00. The Morgan fingerprint density at radius 3 is 1.89 bits per heavy atom. The molecule has 0 bridgehead atoms. The van der Waals surface area contributed by atoms with Gasteiger partial charge in [0.25, 0.3) is 0 Å². The van der Waals surface area contributed by atoms with Gasteiger partial charge in [-0.05, 0) is 7.05 Å². The molecule has 1 nitrogen and oxygen atoms in total. The third-order valence-electron chi connectivity index (χ3n) is 1.53. The van der Waals surface area contributed by atoms with Crippen molar-refractivity contribution in [3.05, 3.63) is 13.0 Å². The maximum atomic E-state index is 2.17. The van der Waals surface area contributed by atoms with Crippen molar-refractivity contribution in [3.63, 3.8) is 0 Å². The largest absolute Gasteiger partial charge is 0.482 e. The molecule has 0 heterocycles. The molecule has 53 valence electrons. The van der Waals surface area contributed by atoms with Crippen molar-refractivity contribution in [1.82, 2.24) is 4.90 Å². The molecule has 0 aromatic rings. The Morgan fingerprint density at radius 2 is 1.78 bits per heavy atom. The summed E-state index contributed by atoms with van der Waals surface area (Å²) in [6.07, 6.45) is 2.17. The normalized spacial score (nSPS) is 13.0. The molecular weight excluding hydrogens is 187 g/mol. The van der Waals surface area contributed by atoms with E-state index in [2.05, 4.69) is 38.8 Å². The van der Waals surface area contributed by atoms with Gasteiger partial charge in [0.2, 0.25) is 0 Å². The summed E-state index contributed by atoms with van der Waals surface area (Å²) in [5.74, 6) is 0. The Morgan fingerprint density at radius 1 is 1.33 bits per heavy atom. The summed E-state index contributed by atoms with van der Waals surface area (Å²) in [4.78, 5) is 2.17. The van der Waals surface area contributed by atoms with Crippen LogP contribution in [0.3, 0.4) is 0 Å². The Labute approximate surface area is 84.1 Å². The van der Waals surface area contributed by atoms with Gasteiger partial charge >= 0.3 is 0 Å². The molecule has 1 atom stereocenters. The molecule has 1 unspecified atom stereocenters. The van der Waals surface area contributed by atoms with Crippen LogP contribution in [0, 0.1) is 13.0 Å². The van der Waals surface area contributed by atoms with Crippen LogP contribution in [-0.2, 0) is 32.7 Å². The van der Waals surface area contributed by atoms with Gasteiger partial charge in [-0.25, -0.2) is 0 Å². The summed E-state index contributed by atoms with van der Waals surface area (Å²) in [5.41, 5.74) is 0. The molecule has 0 amide bonds. The van der Waals surface area contributed by atoms with Gasteiger partial charge in [0.15, 0.2) is 0 Å². The SMILES string of the molecule is C[CH-]C(C)N(C)[CH-]C.[Y]. The molecule has 0 aliphatic carbocycles. The molecule has 0 rings (SSSR count). The summed E-state index contributed by atoms with van der Waals surface area (Å²) < 4.78 is 0. The van der Waals surface area contributed by atoms with Crippen LogP contribution in [0.2, 0.25) is 0 Å². The van der Waals surface area contributed by atoms with E-state index in [1.54, 1.807) is 0 Å². The van der Waals surface area contributed by atoms with Crippen molar-refractivity contribution in [1.29, 1.82) is 0 Å². The number of rotatable bonds is 3. The van der Waals surface area contributed by atoms with Crippen molar-refractivity contribution in [3.8, 4) is 0 Å². The van der Waals surface area contributed by atoms with E-state index in [1.807, 2.05) is 6.92 Å². The number of hydrogen-bond acceptors (Lipinski definition) is 1. The molecule has 0 N–H and O–H groups in total. The number of nitrogens with zero attached hydrogens (tertiary/aromatic N) is 1. The van der Waals surface area contributed by atoms with Crippen LogP contribution in [0.4, 0.5) is 0 Å². The van der Waals surface area contributed by atoms with E-state index < -0.39 is 0 Å². The minimum atomic E-state index is 0. The van der Waals surface area contributed by atoms with E-state index in [9.17, 15) is 0 Å². The van der Waals surface area contributed by atoms with E-state index in [-0.39, 0.29) is 32.7 Å². The smallest absolute Gasteiger partial charge is 0 e. The third-order valence-corrected chi connectivity index (χ3v) is 1.53. The molecule has 0 aromatic heterocycles. The first-order valence-electron chi connectivity index (χ1n) is 3.03. The van der Waals surface area contributed by atoms with Crippen LogP contribution in [-0.4, -0.2) is 18.0 Å². The molecule has 0 aliphatic heterocycles. The zero-order valence-corrected chi connectivity index (χ0v) is 9.59. The molecule has 0 aliphatic rings. The first-order chi connectivity index (χ1) is 3.72. The second kappa shape index (κ2) is 7.17. The van der Waals surface area contributed by atoms with Gasteiger partial charge in [-0.15, -0.1) is 0 Å². The number of hydrogen-bond donors (Lipinski definition) is 0. The summed E-state index contributed by atoms with van der Waals surface area (Å²) in [5, 5.41) is 0. The van der Waals surface area contributed by atoms with E-state index in [4.69, 9.17) is 0 Å². The average molecular weight is 202 g/mol. The average Bonchev–Trinajstić information content (AvgIpc) is 1.84. The predicted octanol–water partition coefficient (Wildman–Crippen LogP) is 1.71. The van der Waals surface area contributed by atoms with Crippen molar-refractivity contribution in [2.75, 3.05) is 7.05 Å². The van der Waals surface area contributed by atoms with E-state index >= 15 is 0 Å². The van der Waals surface area contributed by atoms with Crippen molar-refractivity contribution in [2.45, 2.75) is 26.8 Å². The molecular formula is C7H15NY-2. The molecule has 0 aromatic carbocycles. The maximum Gasteiger partial charge on any atom is 0 e. The van der Waals surface area contributed by atoms with Crippen molar-refractivity contribution in [2.24, 2.45) is 0 Å². The Kier molecular flexibility index (Phi) is 10.1. The van der Waals surface area contributed by atoms with Crippen LogP contribution in [0.1, 0.15) is 20.8 Å². The monoisotopic (exact) mass is 202 g/mol. The summed E-state index contributed by atoms with van der Waals surface area (Å²) >= 11 is 0. The van der Waals surface area contributed by atoms with E-state index in [0.29, 0.717) is 6.04 Å². The fraction of sp³-hybridized carbons (Fsp3) is 0.714. The topological polar surface area (TPSA) is 3.24 Å². The molecule has 0 fully saturated rings. The molecule has 0 saturated heterocycles. The van der Waals surface area contributed by atoms with Gasteiger partial charge in [0.05, 0.1) is 0 Å². The third kappa shape index (κ3) is 5.51.